The number of ether oxygens (including phenoxy) is 2. The Bertz CT molecular complexity index is 1260. The first-order chi connectivity index (χ1) is 15.9. The van der Waals surface area contributed by atoms with Crippen LogP contribution in [0, 0.1) is 15.7 Å². The van der Waals surface area contributed by atoms with Crippen LogP contribution >= 0.6 is 22.6 Å². The van der Waals surface area contributed by atoms with E-state index in [1.807, 2.05) is 36.4 Å². The van der Waals surface area contributed by atoms with Crippen LogP contribution in [0.4, 0.5) is 15.8 Å². The third-order valence-electron chi connectivity index (χ3n) is 5.24. The summed E-state index contributed by atoms with van der Waals surface area (Å²) in [5.41, 5.74) is 3.47. The fourth-order valence-electron chi connectivity index (χ4n) is 3.86. The number of benzene rings is 1. The van der Waals surface area contributed by atoms with E-state index < -0.39 is 5.82 Å². The fraction of sp³-hybridized carbons (Fsp3) is 0.250. The molecule has 1 aromatic carbocycles. The van der Waals surface area contributed by atoms with Crippen molar-refractivity contribution in [2.45, 2.75) is 32.4 Å². The fourth-order valence-corrected chi connectivity index (χ4v) is 4.30. The van der Waals surface area contributed by atoms with Crippen molar-refractivity contribution in [3.05, 3.63) is 53.7 Å². The number of nitrogens with zero attached hydrogens (tertiary/aromatic N) is 1. The van der Waals surface area contributed by atoms with Crippen LogP contribution in [0.25, 0.3) is 11.3 Å². The molecule has 7 nitrogen and oxygen atoms in total. The number of aromatic amines is 1. The highest BCUT2D eigenvalue weighted by Gasteiger charge is 2.31. The number of aromatic nitrogens is 2. The second kappa shape index (κ2) is 9.70. The molecule has 0 saturated heterocycles. The summed E-state index contributed by atoms with van der Waals surface area (Å²) in [4.78, 5) is 20.6. The van der Waals surface area contributed by atoms with E-state index in [0.717, 1.165) is 5.69 Å². The van der Waals surface area contributed by atoms with Gasteiger partial charge in [0.05, 0.1) is 35.9 Å². The summed E-state index contributed by atoms with van der Waals surface area (Å²) in [6.07, 6.45) is 3.51. The van der Waals surface area contributed by atoms with Crippen LogP contribution in [-0.2, 0) is 6.42 Å². The molecule has 33 heavy (non-hydrogen) atoms. The van der Waals surface area contributed by atoms with Gasteiger partial charge in [-0.05, 0) is 41.9 Å². The monoisotopic (exact) mass is 560 g/mol. The first kappa shape index (κ1) is 22.9. The number of nitrogens with one attached hydrogen (secondary N) is 3. The van der Waals surface area contributed by atoms with Crippen molar-refractivity contribution >= 4 is 39.9 Å². The van der Waals surface area contributed by atoms with Crippen LogP contribution in [0.15, 0.2) is 36.7 Å². The number of methoxy groups -OCH3 is 1. The highest BCUT2D eigenvalue weighted by atomic mass is 127. The van der Waals surface area contributed by atoms with Crippen molar-refractivity contribution in [2.75, 3.05) is 12.4 Å². The summed E-state index contributed by atoms with van der Waals surface area (Å²) >= 11 is 1.96. The van der Waals surface area contributed by atoms with Crippen LogP contribution in [0.5, 0.6) is 11.5 Å². The molecule has 9 heteroatoms. The highest BCUT2D eigenvalue weighted by molar-refractivity contribution is 14.1. The molecule has 2 atom stereocenters. The van der Waals surface area contributed by atoms with Crippen LogP contribution in [0.2, 0.25) is 0 Å². The van der Waals surface area contributed by atoms with E-state index in [4.69, 9.17) is 9.47 Å². The molecule has 0 fully saturated rings. The van der Waals surface area contributed by atoms with E-state index in [9.17, 15) is 9.18 Å². The second-order valence-corrected chi connectivity index (χ2v) is 8.16. The zero-order valence-electron chi connectivity index (χ0n) is 18.3. The average molecular weight is 560 g/mol. The molecule has 4 rings (SSSR count). The van der Waals surface area contributed by atoms with Crippen molar-refractivity contribution in [1.82, 2.24) is 15.3 Å². The van der Waals surface area contributed by atoms with Crippen molar-refractivity contribution < 1.29 is 18.7 Å². The maximum Gasteiger partial charge on any atom is 0.255 e. The van der Waals surface area contributed by atoms with Gasteiger partial charge in [-0.3, -0.25) is 9.78 Å². The first-order valence-corrected chi connectivity index (χ1v) is 11.4. The van der Waals surface area contributed by atoms with Gasteiger partial charge >= 0.3 is 0 Å². The number of amides is 1. The molecule has 1 aliphatic heterocycles. The number of carbonyl (C=O) groups is 1. The number of anilines is 2. The Labute approximate surface area is 204 Å². The summed E-state index contributed by atoms with van der Waals surface area (Å²) in [6, 6.07) is 6.35. The summed E-state index contributed by atoms with van der Waals surface area (Å²) < 4.78 is 28.4. The topological polar surface area (TPSA) is 88.3 Å². The quantitative estimate of drug-likeness (QED) is 0.298. The number of rotatable bonds is 6. The minimum Gasteiger partial charge on any atom is -0.492 e. The zero-order valence-corrected chi connectivity index (χ0v) is 20.4. The van der Waals surface area contributed by atoms with E-state index >= 15 is 0 Å². The Hall–Kier alpha value is -3.26. The molecule has 0 radical (unpaired) electrons. The molecule has 3 N–H and O–H groups in total. The molecule has 0 bridgehead atoms. The predicted octanol–water partition coefficient (Wildman–Crippen LogP) is 4.81. The van der Waals surface area contributed by atoms with Gasteiger partial charge in [-0.15, -0.1) is 0 Å². The maximum absolute atomic E-state index is 14.4. The second-order valence-electron chi connectivity index (χ2n) is 7.62. The lowest BCUT2D eigenvalue weighted by Gasteiger charge is -2.21. The third-order valence-corrected chi connectivity index (χ3v) is 5.55. The van der Waals surface area contributed by atoms with E-state index in [-0.39, 0.29) is 23.8 Å². The number of H-pyrrole nitrogens is 1. The van der Waals surface area contributed by atoms with E-state index in [1.165, 1.54) is 13.2 Å². The Morgan fingerprint density at radius 3 is 2.94 bits per heavy atom. The first-order valence-electron chi connectivity index (χ1n) is 10.3. The summed E-state index contributed by atoms with van der Waals surface area (Å²) in [5.74, 6) is 2.78. The number of hydrogen-bond donors (Lipinski definition) is 3. The zero-order chi connectivity index (χ0) is 23.5. The van der Waals surface area contributed by atoms with Crippen LogP contribution in [0.3, 0.4) is 0 Å². The number of fused-ring (bicyclic) bond motifs is 1. The standard InChI is InChI=1S/C24H22FIN4O3/c1-13-11-18-20(24(31)28-13)22(29-17-6-4-5-16(25)23(17)32-3)21(30-18)15-8-10-27-12-19(15)33-14(2)7-9-26/h4-6,8,10,12-14,29-30H,11H2,1-3H3,(H,28,31)/t13-,14?/m0/s1. The van der Waals surface area contributed by atoms with Gasteiger partial charge in [-0.2, -0.15) is 0 Å². The summed E-state index contributed by atoms with van der Waals surface area (Å²) in [5, 5.41) is 6.19. The normalized spacial score (nSPS) is 15.5. The number of para-hydroxylation sites is 1. The molecule has 3 heterocycles. The minimum absolute atomic E-state index is 0.0276. The number of pyridine rings is 1. The Morgan fingerprint density at radius 2 is 2.18 bits per heavy atom. The van der Waals surface area contributed by atoms with E-state index in [2.05, 4.69) is 30.4 Å². The largest absolute Gasteiger partial charge is 0.492 e. The Morgan fingerprint density at radius 1 is 1.36 bits per heavy atom. The van der Waals surface area contributed by atoms with Gasteiger partial charge in [-0.25, -0.2) is 4.39 Å². The molecule has 170 valence electrons. The SMILES string of the molecule is COc1c(F)cccc1Nc1c(-c2ccncc2OC(C)C#CI)[nH]c2c1C(=O)N[C@@H](C)C2. The van der Waals surface area contributed by atoms with E-state index in [1.54, 1.807) is 30.6 Å². The maximum atomic E-state index is 14.4. The Kier molecular flexibility index (Phi) is 6.74. The molecule has 1 unspecified atom stereocenters. The van der Waals surface area contributed by atoms with Gasteiger partial charge in [-0.1, -0.05) is 6.07 Å². The predicted molar refractivity (Wildman–Crippen MR) is 133 cm³/mol. The van der Waals surface area contributed by atoms with Crippen molar-refractivity contribution in [3.8, 4) is 32.6 Å². The van der Waals surface area contributed by atoms with Crippen molar-refractivity contribution in [1.29, 1.82) is 0 Å². The van der Waals surface area contributed by atoms with E-state index in [0.29, 0.717) is 40.4 Å². The highest BCUT2D eigenvalue weighted by Crippen LogP contribution is 2.42. The molecule has 3 aromatic rings. The van der Waals surface area contributed by atoms with Crippen LogP contribution in [0.1, 0.15) is 29.9 Å². The lowest BCUT2D eigenvalue weighted by Crippen LogP contribution is -2.39. The van der Waals surface area contributed by atoms with Gasteiger partial charge in [0.25, 0.3) is 5.91 Å². The third kappa shape index (κ3) is 4.61. The molecule has 0 aliphatic carbocycles. The lowest BCUT2D eigenvalue weighted by atomic mass is 10.0. The number of carbonyl (C=O) groups excluding carboxylic acids is 1. The molecule has 0 spiro atoms. The molecular formula is C24H22FIN4O3. The minimum atomic E-state index is -0.509. The summed E-state index contributed by atoms with van der Waals surface area (Å²) in [7, 11) is 1.40. The molecular weight excluding hydrogens is 538 g/mol. The summed E-state index contributed by atoms with van der Waals surface area (Å²) in [6.45, 7) is 3.78. The molecule has 2 aromatic heterocycles. The smallest absolute Gasteiger partial charge is 0.255 e. The van der Waals surface area contributed by atoms with Crippen LogP contribution in [-0.4, -0.2) is 35.1 Å². The number of hydrogen-bond acceptors (Lipinski definition) is 5. The van der Waals surface area contributed by atoms with Crippen LogP contribution < -0.4 is 20.1 Å². The van der Waals surface area contributed by atoms with Gasteiger partial charge in [0.15, 0.2) is 17.7 Å². The van der Waals surface area contributed by atoms with Gasteiger partial charge in [0, 0.05) is 52.5 Å². The van der Waals surface area contributed by atoms with Crippen molar-refractivity contribution in [2.24, 2.45) is 0 Å². The van der Waals surface area contributed by atoms with Gasteiger partial charge < -0.3 is 25.1 Å². The average Bonchev–Trinajstić information content (AvgIpc) is 3.12. The lowest BCUT2D eigenvalue weighted by molar-refractivity contribution is 0.0930. The van der Waals surface area contributed by atoms with Crippen molar-refractivity contribution in [3.63, 3.8) is 0 Å². The van der Waals surface area contributed by atoms with Gasteiger partial charge in [0.2, 0.25) is 0 Å². The van der Waals surface area contributed by atoms with Gasteiger partial charge in [0.1, 0.15) is 5.75 Å². The number of halogens is 2. The Balaban J connectivity index is 1.89. The molecule has 1 amide bonds. The molecule has 1 aliphatic rings. The molecule has 0 saturated carbocycles.